The van der Waals surface area contributed by atoms with Gasteiger partial charge in [0.05, 0.1) is 28.5 Å². The Bertz CT molecular complexity index is 1560. The molecule has 2 aliphatic rings. The highest BCUT2D eigenvalue weighted by Gasteiger charge is 2.33. The minimum atomic E-state index is -0.667. The monoisotopic (exact) mass is 506 g/mol. The normalized spacial score (nSPS) is 19.3. The molecule has 5 rings (SSSR count). The van der Waals surface area contributed by atoms with E-state index < -0.39 is 12.0 Å². The SMILES string of the molecule is CCOC(=O)C1=C(C)N=c2s/c(=C/C3=Cc4ccccc4O[C@@H]3C)c(=O)n2[C@@H]1c1ccc(Cl)cc1. The number of thiazole rings is 1. The fourth-order valence-electron chi connectivity index (χ4n) is 4.32. The smallest absolute Gasteiger partial charge is 0.338 e. The number of esters is 1. The van der Waals surface area contributed by atoms with Crippen LogP contribution in [0, 0.1) is 0 Å². The maximum Gasteiger partial charge on any atom is 0.338 e. The topological polar surface area (TPSA) is 69.9 Å². The third kappa shape index (κ3) is 4.26. The van der Waals surface area contributed by atoms with Crippen molar-refractivity contribution >= 4 is 41.1 Å². The van der Waals surface area contributed by atoms with Crippen LogP contribution in [0.25, 0.3) is 12.2 Å². The largest absolute Gasteiger partial charge is 0.485 e. The minimum Gasteiger partial charge on any atom is -0.485 e. The Kier molecular flexibility index (Phi) is 6.21. The summed E-state index contributed by atoms with van der Waals surface area (Å²) in [6, 6.07) is 14.2. The molecule has 178 valence electrons. The number of ether oxygens (including phenoxy) is 2. The number of carbonyl (C=O) groups excluding carboxylic acids is 1. The molecule has 2 atom stereocenters. The summed E-state index contributed by atoms with van der Waals surface area (Å²) in [7, 11) is 0. The third-order valence-electron chi connectivity index (χ3n) is 6.01. The van der Waals surface area contributed by atoms with Gasteiger partial charge in [0.25, 0.3) is 5.56 Å². The fraction of sp³-hybridized carbons (Fsp3) is 0.222. The summed E-state index contributed by atoms with van der Waals surface area (Å²) < 4.78 is 13.5. The Morgan fingerprint density at radius 3 is 2.71 bits per heavy atom. The maximum absolute atomic E-state index is 13.7. The molecule has 1 aromatic heterocycles. The highest BCUT2D eigenvalue weighted by molar-refractivity contribution is 7.07. The number of aromatic nitrogens is 1. The molecule has 0 amide bonds. The molecule has 2 aliphatic heterocycles. The first-order valence-electron chi connectivity index (χ1n) is 11.3. The quantitative estimate of drug-likeness (QED) is 0.496. The number of para-hydroxylation sites is 1. The molecule has 6 nitrogen and oxygen atoms in total. The van der Waals surface area contributed by atoms with Crippen LogP contribution in [0.15, 0.2) is 75.2 Å². The van der Waals surface area contributed by atoms with Crippen LogP contribution in [-0.2, 0) is 9.53 Å². The lowest BCUT2D eigenvalue weighted by molar-refractivity contribution is -0.139. The number of halogens is 1. The van der Waals surface area contributed by atoms with Gasteiger partial charge in [-0.3, -0.25) is 9.36 Å². The number of hydrogen-bond acceptors (Lipinski definition) is 6. The van der Waals surface area contributed by atoms with Crippen molar-refractivity contribution in [1.29, 1.82) is 0 Å². The molecule has 0 fully saturated rings. The third-order valence-corrected chi connectivity index (χ3v) is 7.25. The molecule has 3 aromatic rings. The van der Waals surface area contributed by atoms with Crippen LogP contribution in [-0.4, -0.2) is 23.2 Å². The van der Waals surface area contributed by atoms with Crippen LogP contribution >= 0.6 is 22.9 Å². The van der Waals surface area contributed by atoms with Gasteiger partial charge in [0, 0.05) is 10.6 Å². The summed E-state index contributed by atoms with van der Waals surface area (Å²) >= 11 is 7.40. The molecule has 0 saturated heterocycles. The van der Waals surface area contributed by atoms with E-state index in [1.54, 1.807) is 30.5 Å². The van der Waals surface area contributed by atoms with E-state index in [9.17, 15) is 9.59 Å². The van der Waals surface area contributed by atoms with Gasteiger partial charge < -0.3 is 9.47 Å². The summed E-state index contributed by atoms with van der Waals surface area (Å²) in [5, 5.41) is 0.568. The zero-order chi connectivity index (χ0) is 24.7. The Morgan fingerprint density at radius 2 is 1.97 bits per heavy atom. The van der Waals surface area contributed by atoms with E-state index in [1.807, 2.05) is 55.5 Å². The van der Waals surface area contributed by atoms with Crippen molar-refractivity contribution in [3.8, 4) is 5.75 Å². The van der Waals surface area contributed by atoms with Crippen molar-refractivity contribution in [2.45, 2.75) is 32.9 Å². The second kappa shape index (κ2) is 9.32. The predicted octanol–water partition coefficient (Wildman–Crippen LogP) is 4.27. The standard InChI is InChI=1S/C27H23ClN2O4S/c1-4-33-26(32)23-15(2)29-27-30(24(23)17-9-11-20(28)12-10-17)25(31)22(35-27)14-19-13-18-7-5-6-8-21(18)34-16(19)3/h5-14,16,24H,4H2,1-3H3/b22-14+/t16-,24-/m1/s1. The van der Waals surface area contributed by atoms with E-state index in [-0.39, 0.29) is 18.3 Å². The van der Waals surface area contributed by atoms with Crippen LogP contribution in [0.3, 0.4) is 0 Å². The van der Waals surface area contributed by atoms with Gasteiger partial charge in [-0.2, -0.15) is 0 Å². The highest BCUT2D eigenvalue weighted by atomic mass is 35.5. The van der Waals surface area contributed by atoms with Gasteiger partial charge in [0.1, 0.15) is 11.9 Å². The molecular weight excluding hydrogens is 484 g/mol. The van der Waals surface area contributed by atoms with Crippen LogP contribution in [0.4, 0.5) is 0 Å². The zero-order valence-corrected chi connectivity index (χ0v) is 21.0. The molecule has 8 heteroatoms. The summed E-state index contributed by atoms with van der Waals surface area (Å²) in [5.41, 5.74) is 3.24. The van der Waals surface area contributed by atoms with Gasteiger partial charge in [-0.15, -0.1) is 0 Å². The van der Waals surface area contributed by atoms with Crippen LogP contribution in [0.5, 0.6) is 5.75 Å². The van der Waals surface area contributed by atoms with Gasteiger partial charge >= 0.3 is 5.97 Å². The Labute approximate surface area is 211 Å². The summed E-state index contributed by atoms with van der Waals surface area (Å²) in [5.74, 6) is 0.327. The second-order valence-electron chi connectivity index (χ2n) is 8.30. The van der Waals surface area contributed by atoms with E-state index >= 15 is 0 Å². The van der Waals surface area contributed by atoms with Crippen LogP contribution in [0.2, 0.25) is 5.02 Å². The molecule has 35 heavy (non-hydrogen) atoms. The molecular formula is C27H23ClN2O4S. The van der Waals surface area contributed by atoms with Gasteiger partial charge in [-0.25, -0.2) is 9.79 Å². The first kappa shape index (κ1) is 23.3. The lowest BCUT2D eigenvalue weighted by atomic mass is 9.96. The lowest BCUT2D eigenvalue weighted by Gasteiger charge is -2.24. The van der Waals surface area contributed by atoms with E-state index in [2.05, 4.69) is 4.99 Å². The fourth-order valence-corrected chi connectivity index (χ4v) is 5.50. The predicted molar refractivity (Wildman–Crippen MR) is 137 cm³/mol. The average molecular weight is 507 g/mol. The maximum atomic E-state index is 13.7. The summed E-state index contributed by atoms with van der Waals surface area (Å²) in [6.07, 6.45) is 3.67. The summed E-state index contributed by atoms with van der Waals surface area (Å²) in [6.45, 7) is 5.69. The Hall–Kier alpha value is -3.42. The summed E-state index contributed by atoms with van der Waals surface area (Å²) in [4.78, 5) is 31.8. The van der Waals surface area contributed by atoms with Crippen molar-refractivity contribution in [3.05, 3.63) is 101 Å². The molecule has 0 saturated carbocycles. The molecule has 0 N–H and O–H groups in total. The highest BCUT2D eigenvalue weighted by Crippen LogP contribution is 2.32. The first-order chi connectivity index (χ1) is 16.9. The molecule has 0 spiro atoms. The number of hydrogen-bond donors (Lipinski definition) is 0. The number of allylic oxidation sites excluding steroid dienone is 1. The van der Waals surface area contributed by atoms with Crippen molar-refractivity contribution < 1.29 is 14.3 Å². The first-order valence-corrected chi connectivity index (χ1v) is 12.5. The number of nitrogens with zero attached hydrogens (tertiary/aromatic N) is 2. The average Bonchev–Trinajstić information content (AvgIpc) is 3.13. The van der Waals surface area contributed by atoms with E-state index in [4.69, 9.17) is 21.1 Å². The zero-order valence-electron chi connectivity index (χ0n) is 19.4. The number of fused-ring (bicyclic) bond motifs is 2. The van der Waals surface area contributed by atoms with E-state index in [0.29, 0.717) is 25.6 Å². The van der Waals surface area contributed by atoms with Crippen LogP contribution < -0.4 is 19.6 Å². The van der Waals surface area contributed by atoms with Crippen molar-refractivity contribution in [1.82, 2.24) is 4.57 Å². The number of benzene rings is 2. The Balaban J connectivity index is 1.69. The second-order valence-corrected chi connectivity index (χ2v) is 9.74. The van der Waals surface area contributed by atoms with Crippen molar-refractivity contribution in [2.75, 3.05) is 6.61 Å². The molecule has 0 unspecified atom stereocenters. The molecule has 3 heterocycles. The van der Waals surface area contributed by atoms with Crippen LogP contribution in [0.1, 0.15) is 37.9 Å². The Morgan fingerprint density at radius 1 is 1.23 bits per heavy atom. The molecule has 0 aliphatic carbocycles. The lowest BCUT2D eigenvalue weighted by Crippen LogP contribution is -2.40. The van der Waals surface area contributed by atoms with Crippen molar-refractivity contribution in [3.63, 3.8) is 0 Å². The van der Waals surface area contributed by atoms with Gasteiger partial charge in [0.15, 0.2) is 4.80 Å². The van der Waals surface area contributed by atoms with Gasteiger partial charge in [0.2, 0.25) is 0 Å². The number of carbonyl (C=O) groups is 1. The molecule has 2 aromatic carbocycles. The van der Waals surface area contributed by atoms with Crippen molar-refractivity contribution in [2.24, 2.45) is 4.99 Å². The van der Waals surface area contributed by atoms with E-state index in [1.165, 1.54) is 11.3 Å². The van der Waals surface area contributed by atoms with E-state index in [0.717, 1.165) is 22.4 Å². The number of rotatable bonds is 4. The molecule has 0 bridgehead atoms. The molecule has 0 radical (unpaired) electrons. The van der Waals surface area contributed by atoms with Gasteiger partial charge in [-0.1, -0.05) is 53.3 Å². The van der Waals surface area contributed by atoms with Gasteiger partial charge in [-0.05, 0) is 62.3 Å². The minimum absolute atomic E-state index is 0.215.